The third-order valence-electron chi connectivity index (χ3n) is 3.00. The molecule has 0 aliphatic carbocycles. The second-order valence-electron chi connectivity index (χ2n) is 4.76. The van der Waals surface area contributed by atoms with Gasteiger partial charge >= 0.3 is 0 Å². The molecule has 0 aliphatic heterocycles. The second kappa shape index (κ2) is 8.14. The predicted octanol–water partition coefficient (Wildman–Crippen LogP) is 2.66. The fourth-order valence-corrected chi connectivity index (χ4v) is 3.41. The molecule has 2 N–H and O–H groups in total. The number of rotatable bonds is 7. The molecule has 2 aromatic rings. The van der Waals surface area contributed by atoms with Crippen molar-refractivity contribution in [3.05, 3.63) is 53.6 Å². The van der Waals surface area contributed by atoms with E-state index in [2.05, 4.69) is 10.0 Å². The van der Waals surface area contributed by atoms with Gasteiger partial charge in [-0.3, -0.25) is 4.79 Å². The standard InChI is InChI=1S/C16H17ClN2O4S/c1-2-23-13-9-7-12(8-10-13)19-16(20)11-18-24(21,22)15-6-4-3-5-14(15)17/h3-10,18H,2,11H2,1H3,(H,19,20). The van der Waals surface area contributed by atoms with Crippen molar-refractivity contribution in [2.45, 2.75) is 11.8 Å². The van der Waals surface area contributed by atoms with Crippen LogP contribution in [0.3, 0.4) is 0 Å². The molecule has 6 nitrogen and oxygen atoms in total. The lowest BCUT2D eigenvalue weighted by Crippen LogP contribution is -2.33. The summed E-state index contributed by atoms with van der Waals surface area (Å²) in [6.45, 7) is 2.02. The lowest BCUT2D eigenvalue weighted by atomic mass is 10.3. The number of halogens is 1. The van der Waals surface area contributed by atoms with Crippen molar-refractivity contribution in [1.29, 1.82) is 0 Å². The van der Waals surface area contributed by atoms with E-state index in [1.807, 2.05) is 6.92 Å². The van der Waals surface area contributed by atoms with Crippen molar-refractivity contribution in [1.82, 2.24) is 4.72 Å². The molecule has 0 saturated heterocycles. The van der Waals surface area contributed by atoms with E-state index in [0.717, 1.165) is 0 Å². The summed E-state index contributed by atoms with van der Waals surface area (Å²) in [6.07, 6.45) is 0. The van der Waals surface area contributed by atoms with Crippen LogP contribution >= 0.6 is 11.6 Å². The molecule has 0 heterocycles. The summed E-state index contributed by atoms with van der Waals surface area (Å²) in [5, 5.41) is 2.69. The topological polar surface area (TPSA) is 84.5 Å². The van der Waals surface area contributed by atoms with Gasteiger partial charge in [0.05, 0.1) is 18.2 Å². The maximum absolute atomic E-state index is 12.1. The molecule has 8 heteroatoms. The van der Waals surface area contributed by atoms with E-state index in [4.69, 9.17) is 16.3 Å². The van der Waals surface area contributed by atoms with Crippen LogP contribution in [0.4, 0.5) is 5.69 Å². The Kier molecular flexibility index (Phi) is 6.19. The van der Waals surface area contributed by atoms with Gasteiger partial charge in [-0.05, 0) is 43.3 Å². The van der Waals surface area contributed by atoms with Crippen molar-refractivity contribution in [3.8, 4) is 5.75 Å². The van der Waals surface area contributed by atoms with Crippen molar-refractivity contribution in [2.75, 3.05) is 18.5 Å². The first kappa shape index (κ1) is 18.3. The number of hydrogen-bond acceptors (Lipinski definition) is 4. The van der Waals surface area contributed by atoms with Crippen LogP contribution in [-0.2, 0) is 14.8 Å². The number of sulfonamides is 1. The van der Waals surface area contributed by atoms with Gasteiger partial charge in [-0.15, -0.1) is 0 Å². The fourth-order valence-electron chi connectivity index (χ4n) is 1.91. The molecule has 2 aromatic carbocycles. The molecule has 0 unspecified atom stereocenters. The Morgan fingerprint density at radius 2 is 1.79 bits per heavy atom. The number of ether oxygens (including phenoxy) is 1. The van der Waals surface area contributed by atoms with E-state index in [-0.39, 0.29) is 9.92 Å². The summed E-state index contributed by atoms with van der Waals surface area (Å²) in [7, 11) is -3.86. The number of nitrogens with one attached hydrogen (secondary N) is 2. The highest BCUT2D eigenvalue weighted by Crippen LogP contribution is 2.20. The summed E-state index contributed by atoms with van der Waals surface area (Å²) in [4.78, 5) is 11.8. The molecular weight excluding hydrogens is 352 g/mol. The van der Waals surface area contributed by atoms with Crippen molar-refractivity contribution in [3.63, 3.8) is 0 Å². The van der Waals surface area contributed by atoms with E-state index in [0.29, 0.717) is 18.0 Å². The Morgan fingerprint density at radius 1 is 1.12 bits per heavy atom. The molecule has 2 rings (SSSR count). The molecule has 0 radical (unpaired) electrons. The third-order valence-corrected chi connectivity index (χ3v) is 4.90. The first-order chi connectivity index (χ1) is 11.4. The van der Waals surface area contributed by atoms with Gasteiger partial charge in [0.15, 0.2) is 0 Å². The third kappa shape index (κ3) is 4.95. The fraction of sp³-hybridized carbons (Fsp3) is 0.188. The summed E-state index contributed by atoms with van der Waals surface area (Å²) >= 11 is 5.86. The molecule has 0 fully saturated rings. The first-order valence-corrected chi connectivity index (χ1v) is 9.05. The Labute approximate surface area is 145 Å². The van der Waals surface area contributed by atoms with E-state index < -0.39 is 22.5 Å². The smallest absolute Gasteiger partial charge is 0.242 e. The van der Waals surface area contributed by atoms with Crippen LogP contribution < -0.4 is 14.8 Å². The number of anilines is 1. The number of amides is 1. The Bertz CT molecular complexity index is 807. The Balaban J connectivity index is 1.94. The molecular formula is C16H17ClN2O4S. The molecule has 0 aromatic heterocycles. The number of hydrogen-bond donors (Lipinski definition) is 2. The van der Waals surface area contributed by atoms with Crippen LogP contribution in [-0.4, -0.2) is 27.5 Å². The van der Waals surface area contributed by atoms with Crippen LogP contribution in [0.2, 0.25) is 5.02 Å². The van der Waals surface area contributed by atoms with E-state index in [1.165, 1.54) is 12.1 Å². The average Bonchev–Trinajstić information content (AvgIpc) is 2.55. The quantitative estimate of drug-likeness (QED) is 0.786. The zero-order valence-corrected chi connectivity index (χ0v) is 14.5. The monoisotopic (exact) mass is 368 g/mol. The lowest BCUT2D eigenvalue weighted by molar-refractivity contribution is -0.115. The molecule has 0 spiro atoms. The highest BCUT2D eigenvalue weighted by atomic mass is 35.5. The molecule has 0 bridgehead atoms. The van der Waals surface area contributed by atoms with Gasteiger partial charge < -0.3 is 10.1 Å². The highest BCUT2D eigenvalue weighted by molar-refractivity contribution is 7.89. The molecule has 0 saturated carbocycles. The Hall–Kier alpha value is -2.09. The van der Waals surface area contributed by atoms with Gasteiger partial charge in [0.2, 0.25) is 15.9 Å². The van der Waals surface area contributed by atoms with Crippen LogP contribution in [0.5, 0.6) is 5.75 Å². The number of carbonyl (C=O) groups is 1. The van der Waals surface area contributed by atoms with Crippen LogP contribution in [0.15, 0.2) is 53.4 Å². The summed E-state index contributed by atoms with van der Waals surface area (Å²) in [5.74, 6) is 0.199. The minimum absolute atomic E-state index is 0.0690. The van der Waals surface area contributed by atoms with Crippen LogP contribution in [0, 0.1) is 0 Å². The van der Waals surface area contributed by atoms with Crippen molar-refractivity contribution >= 4 is 33.2 Å². The first-order valence-electron chi connectivity index (χ1n) is 7.19. The van der Waals surface area contributed by atoms with E-state index in [9.17, 15) is 13.2 Å². The van der Waals surface area contributed by atoms with E-state index >= 15 is 0 Å². The van der Waals surface area contributed by atoms with Gasteiger partial charge in [-0.25, -0.2) is 13.1 Å². The molecule has 128 valence electrons. The minimum Gasteiger partial charge on any atom is -0.494 e. The van der Waals surface area contributed by atoms with Gasteiger partial charge in [-0.1, -0.05) is 23.7 Å². The predicted molar refractivity (Wildman–Crippen MR) is 92.9 cm³/mol. The maximum atomic E-state index is 12.1. The van der Waals surface area contributed by atoms with Crippen molar-refractivity contribution < 1.29 is 17.9 Å². The largest absolute Gasteiger partial charge is 0.494 e. The second-order valence-corrected chi connectivity index (χ2v) is 6.90. The van der Waals surface area contributed by atoms with Crippen LogP contribution in [0.1, 0.15) is 6.92 Å². The number of carbonyl (C=O) groups excluding carboxylic acids is 1. The molecule has 24 heavy (non-hydrogen) atoms. The summed E-state index contributed by atoms with van der Waals surface area (Å²) < 4.78 is 31.8. The minimum atomic E-state index is -3.86. The lowest BCUT2D eigenvalue weighted by Gasteiger charge is -2.09. The van der Waals surface area contributed by atoms with Crippen molar-refractivity contribution in [2.24, 2.45) is 0 Å². The van der Waals surface area contributed by atoms with Crippen LogP contribution in [0.25, 0.3) is 0 Å². The molecule has 0 atom stereocenters. The van der Waals surface area contributed by atoms with Gasteiger partial charge in [0.1, 0.15) is 10.6 Å². The van der Waals surface area contributed by atoms with Gasteiger partial charge in [-0.2, -0.15) is 0 Å². The summed E-state index contributed by atoms with van der Waals surface area (Å²) in [6, 6.07) is 12.8. The average molecular weight is 369 g/mol. The van der Waals surface area contributed by atoms with Gasteiger partial charge in [0, 0.05) is 5.69 Å². The highest BCUT2D eigenvalue weighted by Gasteiger charge is 2.18. The normalized spacial score (nSPS) is 11.1. The summed E-state index contributed by atoms with van der Waals surface area (Å²) in [5.41, 5.74) is 0.542. The number of benzene rings is 2. The SMILES string of the molecule is CCOc1ccc(NC(=O)CNS(=O)(=O)c2ccccc2Cl)cc1. The zero-order chi connectivity index (χ0) is 17.6. The van der Waals surface area contributed by atoms with Gasteiger partial charge in [0.25, 0.3) is 0 Å². The molecule has 0 aliphatic rings. The molecule has 1 amide bonds. The zero-order valence-electron chi connectivity index (χ0n) is 13.0. The Morgan fingerprint density at radius 3 is 2.42 bits per heavy atom. The maximum Gasteiger partial charge on any atom is 0.242 e. The van der Waals surface area contributed by atoms with E-state index in [1.54, 1.807) is 36.4 Å².